The molecule has 0 aromatic heterocycles. The van der Waals surface area contributed by atoms with Gasteiger partial charge in [0.25, 0.3) is 0 Å². The molecule has 1 aliphatic rings. The third-order valence-electron chi connectivity index (χ3n) is 3.52. The van der Waals surface area contributed by atoms with Crippen LogP contribution in [0, 0.1) is 5.92 Å². The highest BCUT2D eigenvalue weighted by atomic mass is 14.9. The average Bonchev–Trinajstić information content (AvgIpc) is 2.74. The van der Waals surface area contributed by atoms with Crippen LogP contribution in [0.1, 0.15) is 58.8 Å². The van der Waals surface area contributed by atoms with E-state index < -0.39 is 0 Å². The van der Waals surface area contributed by atoms with Gasteiger partial charge in [-0.1, -0.05) is 39.5 Å². The van der Waals surface area contributed by atoms with Crippen LogP contribution in [-0.4, -0.2) is 25.7 Å². The Morgan fingerprint density at radius 1 is 1.00 bits per heavy atom. The van der Waals surface area contributed by atoms with Gasteiger partial charge in [0.05, 0.1) is 0 Å². The van der Waals surface area contributed by atoms with E-state index in [1.165, 1.54) is 58.0 Å². The standard InChI is InChI=1S/C14H30N2/c1-13(2)16-12-6-11-15-10-5-9-14-7-3-4-8-14/h13-16H,3-12H2,1-2H3. The second kappa shape index (κ2) is 9.00. The first-order valence-corrected chi connectivity index (χ1v) is 7.23. The smallest absolute Gasteiger partial charge is 0.00103 e. The van der Waals surface area contributed by atoms with Gasteiger partial charge in [-0.25, -0.2) is 0 Å². The fourth-order valence-electron chi connectivity index (χ4n) is 2.54. The van der Waals surface area contributed by atoms with Gasteiger partial charge in [0.15, 0.2) is 0 Å². The van der Waals surface area contributed by atoms with Gasteiger partial charge in [0.2, 0.25) is 0 Å². The van der Waals surface area contributed by atoms with E-state index in [2.05, 4.69) is 24.5 Å². The van der Waals surface area contributed by atoms with Gasteiger partial charge < -0.3 is 10.6 Å². The van der Waals surface area contributed by atoms with E-state index in [4.69, 9.17) is 0 Å². The van der Waals surface area contributed by atoms with E-state index in [1.54, 1.807) is 0 Å². The first-order chi connectivity index (χ1) is 7.79. The Kier molecular flexibility index (Phi) is 7.87. The van der Waals surface area contributed by atoms with Gasteiger partial charge >= 0.3 is 0 Å². The van der Waals surface area contributed by atoms with Crippen molar-refractivity contribution in [1.82, 2.24) is 10.6 Å². The molecule has 0 saturated heterocycles. The maximum Gasteiger partial charge on any atom is 0.00103 e. The molecule has 2 heteroatoms. The van der Waals surface area contributed by atoms with Crippen LogP contribution in [0.5, 0.6) is 0 Å². The van der Waals surface area contributed by atoms with E-state index in [0.29, 0.717) is 6.04 Å². The molecule has 1 rings (SSSR count). The van der Waals surface area contributed by atoms with Crippen LogP contribution in [0.25, 0.3) is 0 Å². The summed E-state index contributed by atoms with van der Waals surface area (Å²) in [6.45, 7) is 7.94. The summed E-state index contributed by atoms with van der Waals surface area (Å²) in [6.07, 6.45) is 10.1. The molecule has 2 N–H and O–H groups in total. The van der Waals surface area contributed by atoms with Gasteiger partial charge in [0.1, 0.15) is 0 Å². The highest BCUT2D eigenvalue weighted by Crippen LogP contribution is 2.28. The molecule has 0 aliphatic heterocycles. The monoisotopic (exact) mass is 226 g/mol. The molecule has 1 saturated carbocycles. The lowest BCUT2D eigenvalue weighted by molar-refractivity contribution is 0.466. The maximum absolute atomic E-state index is 3.54. The van der Waals surface area contributed by atoms with Crippen LogP contribution in [0.15, 0.2) is 0 Å². The Hall–Kier alpha value is -0.0800. The molecule has 96 valence electrons. The molecule has 0 heterocycles. The average molecular weight is 226 g/mol. The summed E-state index contributed by atoms with van der Waals surface area (Å²) in [4.78, 5) is 0. The summed E-state index contributed by atoms with van der Waals surface area (Å²) in [6, 6.07) is 0.627. The maximum atomic E-state index is 3.54. The quantitative estimate of drug-likeness (QED) is 0.591. The Balaban J connectivity index is 1.74. The molecule has 0 spiro atoms. The minimum Gasteiger partial charge on any atom is -0.317 e. The van der Waals surface area contributed by atoms with Crippen LogP contribution in [0.4, 0.5) is 0 Å². The van der Waals surface area contributed by atoms with E-state index in [1.807, 2.05) is 0 Å². The SMILES string of the molecule is CC(C)NCCCNCCCC1CCCC1. The number of nitrogens with one attached hydrogen (secondary N) is 2. The predicted octanol–water partition coefficient (Wildman–Crippen LogP) is 2.93. The summed E-state index contributed by atoms with van der Waals surface area (Å²) < 4.78 is 0. The highest BCUT2D eigenvalue weighted by Gasteiger charge is 2.13. The fourth-order valence-corrected chi connectivity index (χ4v) is 2.54. The Morgan fingerprint density at radius 3 is 2.38 bits per heavy atom. The summed E-state index contributed by atoms with van der Waals surface area (Å²) in [5.74, 6) is 1.06. The minimum absolute atomic E-state index is 0.627. The molecular weight excluding hydrogens is 196 g/mol. The first kappa shape index (κ1) is 14.0. The van der Waals surface area contributed by atoms with Crippen molar-refractivity contribution in [2.45, 2.75) is 64.8 Å². The van der Waals surface area contributed by atoms with Crippen molar-refractivity contribution >= 4 is 0 Å². The van der Waals surface area contributed by atoms with Gasteiger partial charge in [-0.2, -0.15) is 0 Å². The zero-order valence-corrected chi connectivity index (χ0v) is 11.2. The van der Waals surface area contributed by atoms with E-state index in [-0.39, 0.29) is 0 Å². The topological polar surface area (TPSA) is 24.1 Å². The minimum atomic E-state index is 0.627. The van der Waals surface area contributed by atoms with E-state index >= 15 is 0 Å². The van der Waals surface area contributed by atoms with E-state index in [0.717, 1.165) is 12.5 Å². The largest absolute Gasteiger partial charge is 0.317 e. The third-order valence-corrected chi connectivity index (χ3v) is 3.52. The molecule has 16 heavy (non-hydrogen) atoms. The predicted molar refractivity (Wildman–Crippen MR) is 71.8 cm³/mol. The van der Waals surface area contributed by atoms with E-state index in [9.17, 15) is 0 Å². The second-order valence-electron chi connectivity index (χ2n) is 5.51. The van der Waals surface area contributed by atoms with Crippen molar-refractivity contribution in [2.24, 2.45) is 5.92 Å². The van der Waals surface area contributed by atoms with Crippen molar-refractivity contribution in [3.05, 3.63) is 0 Å². The molecule has 0 radical (unpaired) electrons. The zero-order valence-electron chi connectivity index (χ0n) is 11.2. The Morgan fingerprint density at radius 2 is 1.69 bits per heavy atom. The molecule has 0 atom stereocenters. The number of hydrogen-bond acceptors (Lipinski definition) is 2. The fraction of sp³-hybridized carbons (Fsp3) is 1.00. The van der Waals surface area contributed by atoms with Crippen LogP contribution >= 0.6 is 0 Å². The van der Waals surface area contributed by atoms with Crippen molar-refractivity contribution in [3.63, 3.8) is 0 Å². The molecule has 0 bridgehead atoms. The summed E-state index contributed by atoms with van der Waals surface area (Å²) in [5.41, 5.74) is 0. The lowest BCUT2D eigenvalue weighted by atomic mass is 10.0. The molecule has 1 fully saturated rings. The molecule has 1 aliphatic carbocycles. The Labute approximate surface area is 102 Å². The van der Waals surface area contributed by atoms with Gasteiger partial charge in [-0.15, -0.1) is 0 Å². The molecule has 0 amide bonds. The lowest BCUT2D eigenvalue weighted by Gasteiger charge is -2.10. The molecule has 0 unspecified atom stereocenters. The lowest BCUT2D eigenvalue weighted by Crippen LogP contribution is -2.27. The normalized spacial score (nSPS) is 17.4. The first-order valence-electron chi connectivity index (χ1n) is 7.23. The van der Waals surface area contributed by atoms with Crippen molar-refractivity contribution < 1.29 is 0 Å². The van der Waals surface area contributed by atoms with Crippen LogP contribution in [-0.2, 0) is 0 Å². The summed E-state index contributed by atoms with van der Waals surface area (Å²) >= 11 is 0. The molecule has 0 aromatic rings. The number of hydrogen-bond donors (Lipinski definition) is 2. The summed E-state index contributed by atoms with van der Waals surface area (Å²) in [7, 11) is 0. The zero-order chi connectivity index (χ0) is 11.6. The van der Waals surface area contributed by atoms with Crippen molar-refractivity contribution in [1.29, 1.82) is 0 Å². The van der Waals surface area contributed by atoms with Gasteiger partial charge in [-0.05, 0) is 44.8 Å². The van der Waals surface area contributed by atoms with Gasteiger partial charge in [0, 0.05) is 6.04 Å². The number of rotatable bonds is 9. The van der Waals surface area contributed by atoms with Crippen LogP contribution in [0.2, 0.25) is 0 Å². The van der Waals surface area contributed by atoms with Crippen LogP contribution in [0.3, 0.4) is 0 Å². The summed E-state index contributed by atoms with van der Waals surface area (Å²) in [5, 5.41) is 6.98. The van der Waals surface area contributed by atoms with Crippen LogP contribution < -0.4 is 10.6 Å². The van der Waals surface area contributed by atoms with Gasteiger partial charge in [-0.3, -0.25) is 0 Å². The molecule has 0 aromatic carbocycles. The van der Waals surface area contributed by atoms with Crippen molar-refractivity contribution in [3.8, 4) is 0 Å². The molecular formula is C14H30N2. The highest BCUT2D eigenvalue weighted by molar-refractivity contribution is 4.67. The van der Waals surface area contributed by atoms with Crippen molar-refractivity contribution in [2.75, 3.05) is 19.6 Å². The second-order valence-corrected chi connectivity index (χ2v) is 5.51. The Bertz CT molecular complexity index is 151. The third kappa shape index (κ3) is 7.24. The molecule has 2 nitrogen and oxygen atoms in total.